The van der Waals surface area contributed by atoms with E-state index in [1.807, 2.05) is 11.8 Å². The van der Waals surface area contributed by atoms with Crippen molar-refractivity contribution in [3.8, 4) is 0 Å². The molecule has 3 rings (SSSR count). The summed E-state index contributed by atoms with van der Waals surface area (Å²) in [7, 11) is 0. The summed E-state index contributed by atoms with van der Waals surface area (Å²) in [5, 5.41) is 8.18. The molecule has 1 aliphatic heterocycles. The maximum absolute atomic E-state index is 12.4. The molecule has 0 aliphatic carbocycles. The zero-order valence-corrected chi connectivity index (χ0v) is 13.6. The van der Waals surface area contributed by atoms with Gasteiger partial charge >= 0.3 is 0 Å². The summed E-state index contributed by atoms with van der Waals surface area (Å²) in [5.74, 6) is -0.0568. The lowest BCUT2D eigenvalue weighted by Crippen LogP contribution is -2.52. The lowest BCUT2D eigenvalue weighted by atomic mass is 10.2. The van der Waals surface area contributed by atoms with E-state index in [0.29, 0.717) is 17.4 Å². The van der Waals surface area contributed by atoms with Gasteiger partial charge in [0, 0.05) is 31.1 Å². The molecule has 2 N–H and O–H groups in total. The summed E-state index contributed by atoms with van der Waals surface area (Å²) in [6.45, 7) is 4.37. The molecule has 2 amide bonds. The van der Waals surface area contributed by atoms with Gasteiger partial charge in [0.25, 0.3) is 5.91 Å². The number of carbonyl (C=O) groups excluding carboxylic acids is 2. The molecule has 1 aliphatic rings. The van der Waals surface area contributed by atoms with Crippen molar-refractivity contribution in [2.24, 2.45) is 0 Å². The van der Waals surface area contributed by atoms with Gasteiger partial charge in [-0.3, -0.25) is 14.9 Å². The average Bonchev–Trinajstić information content (AvgIpc) is 3.19. The summed E-state index contributed by atoms with van der Waals surface area (Å²) in [6, 6.07) is 3.42. The van der Waals surface area contributed by atoms with Gasteiger partial charge in [0.1, 0.15) is 0 Å². The number of aromatic nitrogens is 1. The number of piperazine rings is 1. The van der Waals surface area contributed by atoms with Crippen LogP contribution in [0.4, 0.5) is 5.13 Å². The third-order valence-corrected chi connectivity index (χ3v) is 4.48. The topological polar surface area (TPSA) is 87.5 Å². The smallest absolute Gasteiger partial charge is 0.293 e. The molecule has 2 aromatic rings. The Labute approximate surface area is 137 Å². The van der Waals surface area contributed by atoms with Gasteiger partial charge in [0.2, 0.25) is 5.91 Å². The minimum absolute atomic E-state index is 0.0632. The highest BCUT2D eigenvalue weighted by Crippen LogP contribution is 2.18. The Kier molecular flexibility index (Phi) is 4.73. The lowest BCUT2D eigenvalue weighted by molar-refractivity contribution is -0.133. The van der Waals surface area contributed by atoms with Gasteiger partial charge in [-0.25, -0.2) is 4.98 Å². The fraction of sp³-hybridized carbons (Fsp3) is 0.400. The summed E-state index contributed by atoms with van der Waals surface area (Å²) in [4.78, 5) is 30.4. The number of rotatable bonds is 4. The van der Waals surface area contributed by atoms with Crippen LogP contribution in [0, 0.1) is 0 Å². The van der Waals surface area contributed by atoms with Gasteiger partial charge in [0.05, 0.1) is 18.4 Å². The SMILES string of the molecule is CC1CNCCN1C(=O)Cc1csc(NC(=O)c2ccco2)n1. The van der Waals surface area contributed by atoms with E-state index in [1.54, 1.807) is 17.5 Å². The molecule has 3 heterocycles. The molecular formula is C15H18N4O3S. The van der Waals surface area contributed by atoms with Crippen molar-refractivity contribution in [2.45, 2.75) is 19.4 Å². The maximum atomic E-state index is 12.4. The first-order valence-corrected chi connectivity index (χ1v) is 8.31. The van der Waals surface area contributed by atoms with Crippen LogP contribution in [0.25, 0.3) is 0 Å². The van der Waals surface area contributed by atoms with Crippen molar-refractivity contribution in [3.05, 3.63) is 35.2 Å². The molecule has 1 saturated heterocycles. The van der Waals surface area contributed by atoms with Crippen LogP contribution in [0.1, 0.15) is 23.2 Å². The van der Waals surface area contributed by atoms with E-state index < -0.39 is 0 Å². The van der Waals surface area contributed by atoms with Gasteiger partial charge in [0.15, 0.2) is 10.9 Å². The summed E-state index contributed by atoms with van der Waals surface area (Å²) in [5.41, 5.74) is 0.667. The number of amides is 2. The largest absolute Gasteiger partial charge is 0.459 e. The van der Waals surface area contributed by atoms with Crippen molar-refractivity contribution in [2.75, 3.05) is 25.0 Å². The van der Waals surface area contributed by atoms with E-state index in [1.165, 1.54) is 17.6 Å². The number of hydrogen-bond donors (Lipinski definition) is 2. The second-order valence-electron chi connectivity index (χ2n) is 5.39. The van der Waals surface area contributed by atoms with Gasteiger partial charge in [-0.1, -0.05) is 0 Å². The minimum atomic E-state index is -0.349. The molecule has 0 spiro atoms. The van der Waals surface area contributed by atoms with Crippen molar-refractivity contribution >= 4 is 28.3 Å². The third-order valence-electron chi connectivity index (χ3n) is 3.67. The Balaban J connectivity index is 1.58. The van der Waals surface area contributed by atoms with Crippen LogP contribution in [-0.2, 0) is 11.2 Å². The third kappa shape index (κ3) is 3.77. The van der Waals surface area contributed by atoms with Crippen LogP contribution in [0.15, 0.2) is 28.2 Å². The zero-order valence-electron chi connectivity index (χ0n) is 12.7. The molecule has 0 aromatic carbocycles. The lowest BCUT2D eigenvalue weighted by Gasteiger charge is -2.33. The number of nitrogens with one attached hydrogen (secondary N) is 2. The van der Waals surface area contributed by atoms with Crippen molar-refractivity contribution in [3.63, 3.8) is 0 Å². The van der Waals surface area contributed by atoms with Crippen LogP contribution in [0.3, 0.4) is 0 Å². The molecule has 2 aromatic heterocycles. The van der Waals surface area contributed by atoms with E-state index in [9.17, 15) is 9.59 Å². The highest BCUT2D eigenvalue weighted by molar-refractivity contribution is 7.14. The first-order valence-electron chi connectivity index (χ1n) is 7.43. The Morgan fingerprint density at radius 3 is 3.17 bits per heavy atom. The Hall–Kier alpha value is -2.19. The predicted octanol–water partition coefficient (Wildman–Crippen LogP) is 1.35. The minimum Gasteiger partial charge on any atom is -0.459 e. The molecule has 23 heavy (non-hydrogen) atoms. The number of hydrogen-bond acceptors (Lipinski definition) is 6. The van der Waals surface area contributed by atoms with Gasteiger partial charge in [-0.05, 0) is 19.1 Å². The molecule has 1 atom stereocenters. The highest BCUT2D eigenvalue weighted by atomic mass is 32.1. The number of nitrogens with zero attached hydrogens (tertiary/aromatic N) is 2. The Morgan fingerprint density at radius 2 is 2.43 bits per heavy atom. The first-order chi connectivity index (χ1) is 11.1. The van der Waals surface area contributed by atoms with E-state index in [-0.39, 0.29) is 30.0 Å². The van der Waals surface area contributed by atoms with Crippen LogP contribution in [0.2, 0.25) is 0 Å². The predicted molar refractivity (Wildman–Crippen MR) is 86.5 cm³/mol. The van der Waals surface area contributed by atoms with E-state index in [0.717, 1.165) is 13.1 Å². The second-order valence-corrected chi connectivity index (χ2v) is 6.25. The van der Waals surface area contributed by atoms with E-state index in [4.69, 9.17) is 4.42 Å². The highest BCUT2D eigenvalue weighted by Gasteiger charge is 2.23. The number of carbonyl (C=O) groups is 2. The maximum Gasteiger partial charge on any atom is 0.293 e. The summed E-state index contributed by atoms with van der Waals surface area (Å²) < 4.78 is 5.03. The van der Waals surface area contributed by atoms with Crippen LogP contribution >= 0.6 is 11.3 Å². The molecule has 122 valence electrons. The van der Waals surface area contributed by atoms with Crippen molar-refractivity contribution in [1.82, 2.24) is 15.2 Å². The molecule has 8 heteroatoms. The summed E-state index contributed by atoms with van der Waals surface area (Å²) in [6.07, 6.45) is 1.69. The number of thiazole rings is 1. The molecule has 0 radical (unpaired) electrons. The number of anilines is 1. The standard InChI is InChI=1S/C15H18N4O3S/c1-10-8-16-4-5-19(10)13(20)7-11-9-23-15(17-11)18-14(21)12-3-2-6-22-12/h2-3,6,9-10,16H,4-5,7-8H2,1H3,(H,17,18,21). The van der Waals surface area contributed by atoms with Crippen molar-refractivity contribution < 1.29 is 14.0 Å². The first kappa shape index (κ1) is 15.7. The fourth-order valence-electron chi connectivity index (χ4n) is 2.48. The van der Waals surface area contributed by atoms with Crippen LogP contribution < -0.4 is 10.6 Å². The van der Waals surface area contributed by atoms with Crippen molar-refractivity contribution in [1.29, 1.82) is 0 Å². The van der Waals surface area contributed by atoms with Crippen LogP contribution in [0.5, 0.6) is 0 Å². The normalized spacial score (nSPS) is 18.0. The molecule has 1 unspecified atom stereocenters. The molecule has 0 bridgehead atoms. The molecular weight excluding hydrogens is 316 g/mol. The Bertz CT molecular complexity index is 683. The monoisotopic (exact) mass is 334 g/mol. The number of furan rings is 1. The molecule has 7 nitrogen and oxygen atoms in total. The van der Waals surface area contributed by atoms with Gasteiger partial charge in [-0.2, -0.15) is 0 Å². The van der Waals surface area contributed by atoms with Gasteiger partial charge in [-0.15, -0.1) is 11.3 Å². The molecule has 1 fully saturated rings. The fourth-order valence-corrected chi connectivity index (χ4v) is 3.19. The Morgan fingerprint density at radius 1 is 1.57 bits per heavy atom. The van der Waals surface area contributed by atoms with Crippen LogP contribution in [-0.4, -0.2) is 47.4 Å². The quantitative estimate of drug-likeness (QED) is 0.881. The second kappa shape index (κ2) is 6.93. The molecule has 0 saturated carbocycles. The van der Waals surface area contributed by atoms with E-state index >= 15 is 0 Å². The van der Waals surface area contributed by atoms with Gasteiger partial charge < -0.3 is 14.6 Å². The van der Waals surface area contributed by atoms with E-state index in [2.05, 4.69) is 15.6 Å². The zero-order chi connectivity index (χ0) is 16.2. The summed E-state index contributed by atoms with van der Waals surface area (Å²) >= 11 is 1.30. The average molecular weight is 334 g/mol.